The maximum absolute atomic E-state index is 12.2. The van der Waals surface area contributed by atoms with Crippen molar-refractivity contribution < 1.29 is 13.4 Å². The van der Waals surface area contributed by atoms with E-state index in [0.29, 0.717) is 23.1 Å². The number of amides is 1. The number of nitrogens with one attached hydrogen (secondary N) is 1. The summed E-state index contributed by atoms with van der Waals surface area (Å²) in [6.07, 6.45) is 0.864. The lowest BCUT2D eigenvalue weighted by Crippen LogP contribution is -2.23. The van der Waals surface area contributed by atoms with E-state index in [4.69, 9.17) is 16.0 Å². The minimum Gasteiger partial charge on any atom is -0.455 e. The molecule has 1 aromatic heterocycles. The average Bonchev–Trinajstić information content (AvgIpc) is 2.93. The fourth-order valence-electron chi connectivity index (χ4n) is 1.93. The van der Waals surface area contributed by atoms with Gasteiger partial charge in [0.2, 0.25) is 0 Å². The molecule has 1 heterocycles. The van der Waals surface area contributed by atoms with E-state index in [1.807, 2.05) is 19.1 Å². The fourth-order valence-corrected chi connectivity index (χ4v) is 3.26. The van der Waals surface area contributed by atoms with Crippen molar-refractivity contribution in [1.29, 1.82) is 0 Å². The Morgan fingerprint density at radius 1 is 1.27 bits per heavy atom. The number of hydrogen-bond acceptors (Lipinski definition) is 3. The Labute approximate surface area is 137 Å². The zero-order chi connectivity index (χ0) is 15.9. The number of halogens is 1. The standard InChI is InChI=1S/C16H18ClNO3S/c1-2-8-18-16(19)15-7-6-14(21-15)11-22(20)10-12-4-3-5-13(17)9-12/h3-7,9H,2,8,10-11H2,1H3,(H,18,19). The summed E-state index contributed by atoms with van der Waals surface area (Å²) in [5.41, 5.74) is 0.915. The smallest absolute Gasteiger partial charge is 0.286 e. The van der Waals surface area contributed by atoms with Crippen LogP contribution in [0, 0.1) is 0 Å². The Bertz CT molecular complexity index is 669. The minimum atomic E-state index is -1.12. The summed E-state index contributed by atoms with van der Waals surface area (Å²) in [6, 6.07) is 10.6. The Kier molecular flexibility index (Phi) is 6.21. The van der Waals surface area contributed by atoms with Crippen molar-refractivity contribution in [3.63, 3.8) is 0 Å². The molecular weight excluding hydrogens is 322 g/mol. The van der Waals surface area contributed by atoms with Crippen LogP contribution < -0.4 is 5.32 Å². The summed E-state index contributed by atoms with van der Waals surface area (Å²) in [4.78, 5) is 11.7. The molecule has 0 aliphatic heterocycles. The van der Waals surface area contributed by atoms with E-state index < -0.39 is 10.8 Å². The first-order valence-electron chi connectivity index (χ1n) is 7.05. The second-order valence-corrected chi connectivity index (χ2v) is 6.77. The second-order valence-electron chi connectivity index (χ2n) is 4.88. The topological polar surface area (TPSA) is 59.3 Å². The molecule has 0 saturated heterocycles. The maximum Gasteiger partial charge on any atom is 0.286 e. The molecule has 0 saturated carbocycles. The molecule has 6 heteroatoms. The molecule has 2 aromatic rings. The fraction of sp³-hybridized carbons (Fsp3) is 0.312. The summed E-state index contributed by atoms with van der Waals surface area (Å²) in [6.45, 7) is 2.59. The Hall–Kier alpha value is -1.59. The Balaban J connectivity index is 1.92. The lowest BCUT2D eigenvalue weighted by molar-refractivity contribution is 0.0924. The zero-order valence-corrected chi connectivity index (χ0v) is 13.9. The van der Waals surface area contributed by atoms with Crippen molar-refractivity contribution in [3.8, 4) is 0 Å². The van der Waals surface area contributed by atoms with Gasteiger partial charge in [-0.25, -0.2) is 0 Å². The Morgan fingerprint density at radius 2 is 2.09 bits per heavy atom. The first-order valence-corrected chi connectivity index (χ1v) is 8.91. The third-order valence-corrected chi connectivity index (χ3v) is 4.44. The van der Waals surface area contributed by atoms with E-state index in [-0.39, 0.29) is 17.4 Å². The highest BCUT2D eigenvalue weighted by molar-refractivity contribution is 7.83. The average molecular weight is 340 g/mol. The molecule has 0 aliphatic carbocycles. The lowest BCUT2D eigenvalue weighted by Gasteiger charge is -2.02. The van der Waals surface area contributed by atoms with Crippen LogP contribution in [0.4, 0.5) is 0 Å². The first-order chi connectivity index (χ1) is 10.6. The SMILES string of the molecule is CCCNC(=O)c1ccc(CS(=O)Cc2cccc(Cl)c2)o1. The van der Waals surface area contributed by atoms with E-state index in [1.165, 1.54) is 0 Å². The summed E-state index contributed by atoms with van der Waals surface area (Å²) >= 11 is 5.91. The number of carbonyl (C=O) groups is 1. The molecule has 1 N–H and O–H groups in total. The van der Waals surface area contributed by atoms with Gasteiger partial charge in [0.25, 0.3) is 5.91 Å². The summed E-state index contributed by atoms with van der Waals surface area (Å²) in [5, 5.41) is 3.37. The molecule has 22 heavy (non-hydrogen) atoms. The van der Waals surface area contributed by atoms with E-state index in [1.54, 1.807) is 24.3 Å². The van der Waals surface area contributed by atoms with Crippen LogP contribution in [0.25, 0.3) is 0 Å². The number of rotatable bonds is 7. The van der Waals surface area contributed by atoms with Crippen molar-refractivity contribution in [3.05, 3.63) is 58.5 Å². The highest BCUT2D eigenvalue weighted by Gasteiger charge is 2.12. The van der Waals surface area contributed by atoms with Gasteiger partial charge in [0.05, 0.1) is 5.75 Å². The second kappa shape index (κ2) is 8.15. The number of hydrogen-bond donors (Lipinski definition) is 1. The van der Waals surface area contributed by atoms with E-state index in [9.17, 15) is 9.00 Å². The first kappa shape index (κ1) is 16.8. The van der Waals surface area contributed by atoms with E-state index >= 15 is 0 Å². The summed E-state index contributed by atoms with van der Waals surface area (Å²) < 4.78 is 17.6. The molecular formula is C16H18ClNO3S. The van der Waals surface area contributed by atoms with Gasteiger partial charge in [0.15, 0.2) is 5.76 Å². The number of carbonyl (C=O) groups excluding carboxylic acids is 1. The van der Waals surface area contributed by atoms with Crippen molar-refractivity contribution in [2.24, 2.45) is 0 Å². The van der Waals surface area contributed by atoms with Crippen LogP contribution in [0.3, 0.4) is 0 Å². The van der Waals surface area contributed by atoms with E-state index in [2.05, 4.69) is 5.32 Å². The predicted octanol–water partition coefficient (Wildman–Crippen LogP) is 3.52. The van der Waals surface area contributed by atoms with Gasteiger partial charge in [-0.15, -0.1) is 0 Å². The highest BCUT2D eigenvalue weighted by atomic mass is 35.5. The Morgan fingerprint density at radius 3 is 2.82 bits per heavy atom. The maximum atomic E-state index is 12.2. The van der Waals surface area contributed by atoms with Gasteiger partial charge in [-0.3, -0.25) is 9.00 Å². The van der Waals surface area contributed by atoms with Gasteiger partial charge >= 0.3 is 0 Å². The van der Waals surface area contributed by atoms with Crippen LogP contribution in [0.15, 0.2) is 40.8 Å². The number of benzene rings is 1. The minimum absolute atomic E-state index is 0.242. The largest absolute Gasteiger partial charge is 0.455 e. The summed E-state index contributed by atoms with van der Waals surface area (Å²) in [5.74, 6) is 1.23. The molecule has 1 unspecified atom stereocenters. The number of furan rings is 1. The third kappa shape index (κ3) is 5.00. The van der Waals surface area contributed by atoms with Gasteiger partial charge in [-0.05, 0) is 36.2 Å². The quantitative estimate of drug-likeness (QED) is 0.839. The van der Waals surface area contributed by atoms with Crippen LogP contribution in [-0.2, 0) is 22.3 Å². The summed E-state index contributed by atoms with van der Waals surface area (Å²) in [7, 11) is -1.12. The molecule has 1 aromatic carbocycles. The molecule has 0 radical (unpaired) electrons. The van der Waals surface area contributed by atoms with E-state index in [0.717, 1.165) is 12.0 Å². The van der Waals surface area contributed by atoms with Crippen molar-refractivity contribution in [2.45, 2.75) is 24.9 Å². The van der Waals surface area contributed by atoms with Gasteiger partial charge in [0.1, 0.15) is 5.76 Å². The molecule has 2 rings (SSSR count). The predicted molar refractivity (Wildman–Crippen MR) is 88.3 cm³/mol. The molecule has 0 bridgehead atoms. The van der Waals surface area contributed by atoms with Gasteiger partial charge in [0, 0.05) is 28.1 Å². The molecule has 0 fully saturated rings. The normalized spacial score (nSPS) is 12.1. The van der Waals surface area contributed by atoms with Crippen LogP contribution >= 0.6 is 11.6 Å². The van der Waals surface area contributed by atoms with Crippen LogP contribution in [0.1, 0.15) is 35.2 Å². The molecule has 1 atom stereocenters. The van der Waals surface area contributed by atoms with Gasteiger partial charge in [-0.2, -0.15) is 0 Å². The molecule has 0 spiro atoms. The highest BCUT2D eigenvalue weighted by Crippen LogP contribution is 2.15. The van der Waals surface area contributed by atoms with Crippen molar-refractivity contribution >= 4 is 28.3 Å². The molecule has 0 aliphatic rings. The van der Waals surface area contributed by atoms with Crippen molar-refractivity contribution in [1.82, 2.24) is 5.32 Å². The van der Waals surface area contributed by atoms with Crippen molar-refractivity contribution in [2.75, 3.05) is 6.54 Å². The van der Waals surface area contributed by atoms with Crippen LogP contribution in [0.2, 0.25) is 5.02 Å². The zero-order valence-electron chi connectivity index (χ0n) is 12.3. The van der Waals surface area contributed by atoms with Gasteiger partial charge in [-0.1, -0.05) is 30.7 Å². The van der Waals surface area contributed by atoms with Gasteiger partial charge < -0.3 is 9.73 Å². The molecule has 1 amide bonds. The monoisotopic (exact) mass is 339 g/mol. The molecule has 4 nitrogen and oxygen atoms in total. The third-order valence-electron chi connectivity index (χ3n) is 2.94. The lowest BCUT2D eigenvalue weighted by atomic mass is 10.2. The molecule has 118 valence electrons. The van der Waals surface area contributed by atoms with Crippen LogP contribution in [0.5, 0.6) is 0 Å². The van der Waals surface area contributed by atoms with Crippen LogP contribution in [-0.4, -0.2) is 16.7 Å².